The van der Waals surface area contributed by atoms with Crippen LogP contribution in [-0.4, -0.2) is 15.0 Å². The summed E-state index contributed by atoms with van der Waals surface area (Å²) in [5, 5.41) is 7.88. The number of hydrogen-bond acceptors (Lipinski definition) is 4. The Bertz CT molecular complexity index is 1160. The van der Waals surface area contributed by atoms with Gasteiger partial charge in [-0.1, -0.05) is 24.3 Å². The first-order valence-electron chi connectivity index (χ1n) is 7.90. The molecule has 0 radical (unpaired) electrons. The van der Waals surface area contributed by atoms with Gasteiger partial charge >= 0.3 is 0 Å². The first-order valence-corrected chi connectivity index (χ1v) is 7.90. The monoisotopic (exact) mass is 310 g/mol. The summed E-state index contributed by atoms with van der Waals surface area (Å²) in [6.07, 6.45) is 1.91. The minimum absolute atomic E-state index is 0.793. The fourth-order valence-electron chi connectivity index (χ4n) is 3.31. The lowest BCUT2D eigenvalue weighted by Crippen LogP contribution is -1.97. The van der Waals surface area contributed by atoms with Gasteiger partial charge in [-0.3, -0.25) is 0 Å². The third-order valence-corrected chi connectivity index (χ3v) is 4.34. The van der Waals surface area contributed by atoms with E-state index in [2.05, 4.69) is 38.5 Å². The lowest BCUT2D eigenvalue weighted by atomic mass is 10.00. The molecule has 24 heavy (non-hydrogen) atoms. The fourth-order valence-corrected chi connectivity index (χ4v) is 3.31. The highest BCUT2D eigenvalue weighted by atomic mass is 15.0. The molecule has 0 fully saturated rings. The second-order valence-electron chi connectivity index (χ2n) is 5.92. The zero-order valence-corrected chi connectivity index (χ0v) is 13.1. The van der Waals surface area contributed by atoms with Crippen molar-refractivity contribution in [2.75, 3.05) is 5.32 Å². The van der Waals surface area contributed by atoms with Crippen molar-refractivity contribution >= 4 is 44.1 Å². The van der Waals surface area contributed by atoms with Gasteiger partial charge in [-0.15, -0.1) is 0 Å². The molecule has 4 nitrogen and oxygen atoms in total. The fraction of sp³-hybridized carbons (Fsp3) is 0.0500. The summed E-state index contributed by atoms with van der Waals surface area (Å²) in [5.41, 5.74) is 2.98. The summed E-state index contributed by atoms with van der Waals surface area (Å²) in [5.74, 6) is 1.64. The molecule has 0 aliphatic carbocycles. The number of aromatic nitrogens is 3. The molecule has 3 aromatic carbocycles. The smallest absolute Gasteiger partial charge is 0.138 e. The van der Waals surface area contributed by atoms with Crippen molar-refractivity contribution in [1.29, 1.82) is 0 Å². The number of para-hydroxylation sites is 1. The van der Waals surface area contributed by atoms with Crippen molar-refractivity contribution in [3.05, 3.63) is 66.6 Å². The van der Waals surface area contributed by atoms with E-state index in [-0.39, 0.29) is 0 Å². The maximum absolute atomic E-state index is 4.62. The second kappa shape index (κ2) is 4.86. The summed E-state index contributed by atoms with van der Waals surface area (Å²) < 4.78 is 0. The van der Waals surface area contributed by atoms with Crippen LogP contribution in [0.2, 0.25) is 0 Å². The molecule has 4 heteroatoms. The molecule has 0 bridgehead atoms. The number of anilines is 2. The first kappa shape index (κ1) is 13.2. The average molecular weight is 310 g/mol. The molecule has 114 valence electrons. The van der Waals surface area contributed by atoms with Crippen molar-refractivity contribution in [2.45, 2.75) is 6.92 Å². The average Bonchev–Trinajstić information content (AvgIpc) is 2.61. The number of rotatable bonds is 2. The molecule has 0 amide bonds. The standard InChI is InChI=1S/C20H14N4/c1-12-22-16-9-7-13-11-21-20(24-14-5-3-2-4-6-14)15-8-10-17(23-12)19(16)18(13)15/h2-11H,1H3,(H,21,24). The second-order valence-corrected chi connectivity index (χ2v) is 5.92. The molecular weight excluding hydrogens is 296 g/mol. The Balaban J connectivity index is 1.84. The van der Waals surface area contributed by atoms with Crippen molar-refractivity contribution in [2.24, 2.45) is 0 Å². The van der Waals surface area contributed by atoms with Crippen molar-refractivity contribution in [3.8, 4) is 0 Å². The van der Waals surface area contributed by atoms with Crippen molar-refractivity contribution in [3.63, 3.8) is 0 Å². The van der Waals surface area contributed by atoms with E-state index in [1.54, 1.807) is 0 Å². The van der Waals surface area contributed by atoms with Crippen LogP contribution < -0.4 is 5.32 Å². The molecule has 1 N–H and O–H groups in total. The molecule has 0 atom stereocenters. The Hall–Kier alpha value is -3.27. The van der Waals surface area contributed by atoms with Gasteiger partial charge in [0.15, 0.2) is 0 Å². The maximum atomic E-state index is 4.62. The Kier molecular flexibility index (Phi) is 2.67. The molecular formula is C20H14N4. The van der Waals surface area contributed by atoms with Crippen LogP contribution >= 0.6 is 0 Å². The molecule has 5 rings (SSSR count). The van der Waals surface area contributed by atoms with Gasteiger partial charge < -0.3 is 5.32 Å². The summed E-state index contributed by atoms with van der Waals surface area (Å²) in [4.78, 5) is 13.8. The maximum Gasteiger partial charge on any atom is 0.138 e. The summed E-state index contributed by atoms with van der Waals surface area (Å²) >= 11 is 0. The predicted molar refractivity (Wildman–Crippen MR) is 98.0 cm³/mol. The van der Waals surface area contributed by atoms with Gasteiger partial charge in [-0.25, -0.2) is 15.0 Å². The van der Waals surface area contributed by atoms with Crippen LogP contribution in [0.3, 0.4) is 0 Å². The molecule has 0 saturated heterocycles. The molecule has 0 spiro atoms. The van der Waals surface area contributed by atoms with Crippen LogP contribution in [0.5, 0.6) is 0 Å². The number of benzene rings is 3. The highest BCUT2D eigenvalue weighted by Gasteiger charge is 2.13. The minimum Gasteiger partial charge on any atom is -0.340 e. The van der Waals surface area contributed by atoms with Gasteiger partial charge in [0.2, 0.25) is 0 Å². The quantitative estimate of drug-likeness (QED) is 0.475. The largest absolute Gasteiger partial charge is 0.340 e. The van der Waals surface area contributed by atoms with E-state index in [0.29, 0.717) is 0 Å². The van der Waals surface area contributed by atoms with Gasteiger partial charge in [0, 0.05) is 33.4 Å². The Morgan fingerprint density at radius 1 is 0.792 bits per heavy atom. The van der Waals surface area contributed by atoms with Crippen LogP contribution in [0.15, 0.2) is 60.8 Å². The SMILES string of the molecule is Cc1nc2ccc3cnc(Nc4ccccc4)c4ccc(n1)c2c34. The summed E-state index contributed by atoms with van der Waals surface area (Å²) in [7, 11) is 0. The van der Waals surface area contributed by atoms with Gasteiger partial charge in [0.25, 0.3) is 0 Å². The number of aryl methyl sites for hydroxylation is 1. The molecule has 5 aromatic rings. The lowest BCUT2D eigenvalue weighted by molar-refractivity contribution is 1.12. The van der Waals surface area contributed by atoms with Crippen LogP contribution in [0.25, 0.3) is 32.6 Å². The highest BCUT2D eigenvalue weighted by molar-refractivity contribution is 6.23. The summed E-state index contributed by atoms with van der Waals surface area (Å²) in [6.45, 7) is 1.93. The topological polar surface area (TPSA) is 50.7 Å². The van der Waals surface area contributed by atoms with Gasteiger partial charge in [-0.2, -0.15) is 0 Å². The van der Waals surface area contributed by atoms with Gasteiger partial charge in [0.05, 0.1) is 11.0 Å². The molecule has 0 saturated carbocycles. The van der Waals surface area contributed by atoms with E-state index in [0.717, 1.165) is 44.5 Å². The lowest BCUT2D eigenvalue weighted by Gasteiger charge is -2.13. The third kappa shape index (κ3) is 1.90. The zero-order chi connectivity index (χ0) is 16.1. The molecule has 0 aliphatic rings. The van der Waals surface area contributed by atoms with E-state index < -0.39 is 0 Å². The zero-order valence-electron chi connectivity index (χ0n) is 13.1. The van der Waals surface area contributed by atoms with Crippen molar-refractivity contribution in [1.82, 2.24) is 15.0 Å². The van der Waals surface area contributed by atoms with Crippen LogP contribution in [0.4, 0.5) is 11.5 Å². The predicted octanol–water partition coefficient (Wildman–Crippen LogP) is 4.82. The third-order valence-electron chi connectivity index (χ3n) is 4.34. The Morgan fingerprint density at radius 2 is 1.54 bits per heavy atom. The molecule has 0 aliphatic heterocycles. The van der Waals surface area contributed by atoms with Crippen LogP contribution in [-0.2, 0) is 0 Å². The number of nitrogens with zero attached hydrogens (tertiary/aromatic N) is 3. The Labute approximate surface area is 138 Å². The minimum atomic E-state index is 0.793. The van der Waals surface area contributed by atoms with E-state index in [1.165, 1.54) is 5.39 Å². The van der Waals surface area contributed by atoms with E-state index in [1.807, 2.05) is 49.5 Å². The molecule has 0 unspecified atom stereocenters. The molecule has 2 aromatic heterocycles. The first-order chi connectivity index (χ1) is 11.8. The van der Waals surface area contributed by atoms with Crippen LogP contribution in [0.1, 0.15) is 5.82 Å². The number of nitrogens with one attached hydrogen (secondary N) is 1. The number of hydrogen-bond donors (Lipinski definition) is 1. The highest BCUT2D eigenvalue weighted by Crippen LogP contribution is 2.36. The van der Waals surface area contributed by atoms with E-state index >= 15 is 0 Å². The van der Waals surface area contributed by atoms with E-state index in [4.69, 9.17) is 0 Å². The van der Waals surface area contributed by atoms with E-state index in [9.17, 15) is 0 Å². The van der Waals surface area contributed by atoms with Crippen LogP contribution in [0, 0.1) is 6.92 Å². The van der Waals surface area contributed by atoms with Gasteiger partial charge in [-0.05, 0) is 37.3 Å². The number of pyridine rings is 1. The normalized spacial score (nSPS) is 11.5. The Morgan fingerprint density at radius 3 is 2.33 bits per heavy atom. The summed E-state index contributed by atoms with van der Waals surface area (Å²) in [6, 6.07) is 18.4. The van der Waals surface area contributed by atoms with Gasteiger partial charge in [0.1, 0.15) is 11.6 Å². The molecule has 2 heterocycles. The van der Waals surface area contributed by atoms with Crippen molar-refractivity contribution < 1.29 is 0 Å².